The number of likely N-dealkylation sites (N-methyl/N-ethyl adjacent to an activating group) is 1. The summed E-state index contributed by atoms with van der Waals surface area (Å²) in [7, 11) is 3.34. The van der Waals surface area contributed by atoms with Gasteiger partial charge in [-0.1, -0.05) is 44.2 Å². The Morgan fingerprint density at radius 3 is 2.18 bits per heavy atom. The normalized spacial score (nSPS) is 12.2. The Bertz CT molecular complexity index is 1070. The molecule has 0 atom stereocenters. The Morgan fingerprint density at radius 1 is 0.974 bits per heavy atom. The lowest BCUT2D eigenvalue weighted by Gasteiger charge is -2.32. The zero-order valence-electron chi connectivity index (χ0n) is 22.7. The first kappa shape index (κ1) is 33.2. The molecule has 1 aliphatic rings. The van der Waals surface area contributed by atoms with E-state index in [1.54, 1.807) is 36.1 Å². The van der Waals surface area contributed by atoms with Crippen molar-refractivity contribution in [3.8, 4) is 0 Å². The monoisotopic (exact) mass is 566 g/mol. The summed E-state index contributed by atoms with van der Waals surface area (Å²) >= 11 is 0. The van der Waals surface area contributed by atoms with Gasteiger partial charge in [-0.05, 0) is 35.7 Å². The van der Waals surface area contributed by atoms with E-state index < -0.39 is 0 Å². The summed E-state index contributed by atoms with van der Waals surface area (Å²) in [5.74, 6) is -0.546. The predicted octanol–water partition coefficient (Wildman–Crippen LogP) is 2.51. The molecule has 210 valence electrons. The number of fused-ring (bicyclic) bond motifs is 1. The van der Waals surface area contributed by atoms with Crippen molar-refractivity contribution in [3.05, 3.63) is 64.7 Å². The smallest absolute Gasteiger partial charge is 0.256 e. The molecule has 0 unspecified atom stereocenters. The molecule has 0 aliphatic carbocycles. The van der Waals surface area contributed by atoms with Crippen LogP contribution in [0, 0.1) is 6.92 Å². The number of halogens is 2. The number of hydrogen-bond acceptors (Lipinski definition) is 6. The number of hydrazine groups is 1. The van der Waals surface area contributed by atoms with E-state index in [1.807, 2.05) is 44.0 Å². The summed E-state index contributed by atoms with van der Waals surface area (Å²) in [6, 6.07) is 13.8. The second-order valence-electron chi connectivity index (χ2n) is 9.40. The zero-order chi connectivity index (χ0) is 26.2. The number of hydrogen-bond donors (Lipinski definition) is 3. The first-order valence-electron chi connectivity index (χ1n) is 12.4. The van der Waals surface area contributed by atoms with Crippen LogP contribution < -0.4 is 20.9 Å². The average molecular weight is 568 g/mol. The molecule has 3 amide bonds. The molecule has 11 heteroatoms. The number of benzene rings is 2. The van der Waals surface area contributed by atoms with Crippen LogP contribution >= 0.6 is 24.8 Å². The zero-order valence-corrected chi connectivity index (χ0v) is 24.4. The third kappa shape index (κ3) is 8.87. The fourth-order valence-corrected chi connectivity index (χ4v) is 4.20. The fraction of sp³-hybridized carbons (Fsp3) is 0.444. The summed E-state index contributed by atoms with van der Waals surface area (Å²) in [6.45, 7) is 8.47. The van der Waals surface area contributed by atoms with Crippen molar-refractivity contribution in [1.29, 1.82) is 0 Å². The number of aryl methyl sites for hydroxylation is 1. The summed E-state index contributed by atoms with van der Waals surface area (Å²) in [6.07, 6.45) is 0. The number of carbonyl (C=O) groups excluding carboxylic acids is 3. The van der Waals surface area contributed by atoms with Gasteiger partial charge in [-0.3, -0.25) is 19.4 Å². The first-order valence-corrected chi connectivity index (χ1v) is 12.4. The van der Waals surface area contributed by atoms with Gasteiger partial charge in [0, 0.05) is 57.6 Å². The van der Waals surface area contributed by atoms with E-state index in [9.17, 15) is 14.4 Å². The number of nitrogens with zero attached hydrogens (tertiary/aromatic N) is 3. The number of anilines is 1. The molecule has 3 rings (SSSR count). The summed E-state index contributed by atoms with van der Waals surface area (Å²) < 4.78 is 0. The third-order valence-corrected chi connectivity index (χ3v) is 6.31. The SMILES string of the molecule is CNC(=O)c1ccc(C)c(N(CC(=O)NCCNC(C)C)CC(=O)N(C)N2Cc3ccccc3C2)c1.Cl.Cl. The van der Waals surface area contributed by atoms with E-state index in [4.69, 9.17) is 0 Å². The summed E-state index contributed by atoms with van der Waals surface area (Å²) in [5.41, 5.74) is 4.44. The average Bonchev–Trinajstić information content (AvgIpc) is 3.29. The molecule has 0 saturated heterocycles. The number of amides is 3. The van der Waals surface area contributed by atoms with E-state index in [1.165, 1.54) is 11.1 Å². The van der Waals surface area contributed by atoms with Crippen molar-refractivity contribution in [2.24, 2.45) is 0 Å². The maximum atomic E-state index is 13.4. The number of nitrogens with one attached hydrogen (secondary N) is 3. The Morgan fingerprint density at radius 2 is 1.61 bits per heavy atom. The lowest BCUT2D eigenvalue weighted by atomic mass is 10.1. The second-order valence-corrected chi connectivity index (χ2v) is 9.40. The lowest BCUT2D eigenvalue weighted by molar-refractivity contribution is -0.145. The van der Waals surface area contributed by atoms with Crippen LogP contribution in [0.3, 0.4) is 0 Å². The van der Waals surface area contributed by atoms with Gasteiger partial charge in [-0.15, -0.1) is 24.8 Å². The molecule has 3 N–H and O–H groups in total. The molecule has 0 radical (unpaired) electrons. The maximum Gasteiger partial charge on any atom is 0.256 e. The van der Waals surface area contributed by atoms with E-state index in [0.29, 0.717) is 43.5 Å². The van der Waals surface area contributed by atoms with E-state index in [0.717, 1.165) is 5.56 Å². The highest BCUT2D eigenvalue weighted by Gasteiger charge is 2.27. The molecule has 0 fully saturated rings. The molecule has 1 aliphatic heterocycles. The van der Waals surface area contributed by atoms with Crippen LogP contribution in [-0.4, -0.2) is 74.1 Å². The molecule has 0 aromatic heterocycles. The molecule has 0 spiro atoms. The predicted molar refractivity (Wildman–Crippen MR) is 156 cm³/mol. The van der Waals surface area contributed by atoms with Crippen LogP contribution in [0.2, 0.25) is 0 Å². The van der Waals surface area contributed by atoms with Crippen molar-refractivity contribution in [1.82, 2.24) is 26.0 Å². The minimum Gasteiger partial charge on any atom is -0.355 e. The third-order valence-electron chi connectivity index (χ3n) is 6.31. The van der Waals surface area contributed by atoms with Gasteiger partial charge < -0.3 is 20.9 Å². The van der Waals surface area contributed by atoms with Gasteiger partial charge in [0.25, 0.3) is 11.8 Å². The van der Waals surface area contributed by atoms with Gasteiger partial charge >= 0.3 is 0 Å². The van der Waals surface area contributed by atoms with Crippen LogP contribution in [-0.2, 0) is 22.7 Å². The molecule has 2 aromatic carbocycles. The number of rotatable bonds is 11. The highest BCUT2D eigenvalue weighted by molar-refractivity contribution is 5.96. The van der Waals surface area contributed by atoms with Crippen molar-refractivity contribution in [2.75, 3.05) is 45.2 Å². The molecule has 0 bridgehead atoms. The van der Waals surface area contributed by atoms with Crippen LogP contribution in [0.4, 0.5) is 5.69 Å². The van der Waals surface area contributed by atoms with Crippen molar-refractivity contribution < 1.29 is 14.4 Å². The topological polar surface area (TPSA) is 97.0 Å². The van der Waals surface area contributed by atoms with Gasteiger partial charge in [0.1, 0.15) is 0 Å². The Hall–Kier alpha value is -2.85. The van der Waals surface area contributed by atoms with Gasteiger partial charge in [0.2, 0.25) is 5.91 Å². The van der Waals surface area contributed by atoms with Crippen LogP contribution in [0.1, 0.15) is 40.9 Å². The standard InChI is InChI=1S/C27H38N6O3.2ClH/c1-19(2)29-12-13-30-25(34)17-32(24-14-21(27(36)28-4)11-10-20(24)3)18-26(35)31(5)33-15-22-8-6-7-9-23(22)16-33;;/h6-11,14,19,29H,12-13,15-18H2,1-5H3,(H,28,36)(H,30,34);2*1H. The van der Waals surface area contributed by atoms with Gasteiger partial charge in [-0.2, -0.15) is 0 Å². The van der Waals surface area contributed by atoms with Crippen LogP contribution in [0.25, 0.3) is 0 Å². The second kappa shape index (κ2) is 15.5. The molecule has 1 heterocycles. The van der Waals surface area contributed by atoms with E-state index >= 15 is 0 Å². The minimum absolute atomic E-state index is 0. The maximum absolute atomic E-state index is 13.4. The Labute approximate surface area is 238 Å². The summed E-state index contributed by atoms with van der Waals surface area (Å²) in [4.78, 5) is 40.2. The van der Waals surface area contributed by atoms with Gasteiger partial charge in [0.05, 0.1) is 13.1 Å². The van der Waals surface area contributed by atoms with Gasteiger partial charge in [0.15, 0.2) is 0 Å². The molecular weight excluding hydrogens is 527 g/mol. The Balaban J connectivity index is 0.00000361. The number of carbonyl (C=O) groups is 3. The van der Waals surface area contributed by atoms with E-state index in [2.05, 4.69) is 28.1 Å². The minimum atomic E-state index is -0.223. The molecular formula is C27H40Cl2N6O3. The largest absolute Gasteiger partial charge is 0.355 e. The fourth-order valence-electron chi connectivity index (χ4n) is 4.20. The molecule has 9 nitrogen and oxygen atoms in total. The lowest BCUT2D eigenvalue weighted by Crippen LogP contribution is -2.48. The van der Waals surface area contributed by atoms with Crippen LogP contribution in [0.5, 0.6) is 0 Å². The van der Waals surface area contributed by atoms with E-state index in [-0.39, 0.29) is 55.6 Å². The van der Waals surface area contributed by atoms with Crippen molar-refractivity contribution >= 4 is 48.2 Å². The highest BCUT2D eigenvalue weighted by Crippen LogP contribution is 2.25. The van der Waals surface area contributed by atoms with Crippen molar-refractivity contribution in [2.45, 2.75) is 39.9 Å². The molecule has 38 heavy (non-hydrogen) atoms. The van der Waals surface area contributed by atoms with Crippen LogP contribution in [0.15, 0.2) is 42.5 Å². The summed E-state index contributed by atoms with van der Waals surface area (Å²) in [5, 5.41) is 12.4. The highest BCUT2D eigenvalue weighted by atomic mass is 35.5. The quantitative estimate of drug-likeness (QED) is 0.361. The Kier molecular flexibility index (Phi) is 13.6. The van der Waals surface area contributed by atoms with Crippen molar-refractivity contribution in [3.63, 3.8) is 0 Å². The molecule has 2 aromatic rings. The molecule has 0 saturated carbocycles. The van der Waals surface area contributed by atoms with Gasteiger partial charge in [-0.25, -0.2) is 5.01 Å². The first-order chi connectivity index (χ1) is 17.2.